The summed E-state index contributed by atoms with van der Waals surface area (Å²) in [4.78, 5) is 12.1. The molecule has 0 heterocycles. The second kappa shape index (κ2) is 8.27. The Morgan fingerprint density at radius 2 is 1.68 bits per heavy atom. The molecule has 3 aliphatic carbocycles. The number of phenols is 1. The zero-order valence-electron chi connectivity index (χ0n) is 17.5. The molecule has 0 spiro atoms. The molecule has 2 heteroatoms. The maximum atomic E-state index is 12.1. The second-order valence-electron chi connectivity index (χ2n) is 9.29. The summed E-state index contributed by atoms with van der Waals surface area (Å²) in [5.41, 5.74) is 7.00. The molecule has 28 heavy (non-hydrogen) atoms. The number of aromatic hydroxyl groups is 1. The molecular formula is C26H34O2. The summed E-state index contributed by atoms with van der Waals surface area (Å²) >= 11 is 0. The van der Waals surface area contributed by atoms with E-state index < -0.39 is 0 Å². The monoisotopic (exact) mass is 378 g/mol. The number of carbonyl (C=O) groups excluding carboxylic acids is 1. The highest BCUT2D eigenvalue weighted by Gasteiger charge is 2.37. The largest absolute Gasteiger partial charge is 0.508 e. The SMILES string of the molecule is CC(=O)CC(=C(C)C(=C1CCC2CCCC12)c1ccc(O)cc1)C1CCCC1. The van der Waals surface area contributed by atoms with Crippen molar-refractivity contribution >= 4 is 11.4 Å². The molecule has 3 aliphatic rings. The topological polar surface area (TPSA) is 37.3 Å². The van der Waals surface area contributed by atoms with Gasteiger partial charge in [-0.3, -0.25) is 4.79 Å². The minimum absolute atomic E-state index is 0.279. The van der Waals surface area contributed by atoms with Gasteiger partial charge in [-0.2, -0.15) is 0 Å². The van der Waals surface area contributed by atoms with E-state index in [9.17, 15) is 9.90 Å². The van der Waals surface area contributed by atoms with E-state index in [1.165, 1.54) is 80.1 Å². The van der Waals surface area contributed by atoms with Crippen molar-refractivity contribution < 1.29 is 9.90 Å². The number of rotatable bonds is 5. The molecule has 0 saturated heterocycles. The average Bonchev–Trinajstić information content (AvgIpc) is 3.40. The molecule has 4 rings (SSSR count). The molecule has 2 unspecified atom stereocenters. The Labute approximate surface area is 169 Å². The summed E-state index contributed by atoms with van der Waals surface area (Å²) < 4.78 is 0. The van der Waals surface area contributed by atoms with E-state index in [1.54, 1.807) is 12.5 Å². The van der Waals surface area contributed by atoms with Crippen LogP contribution in [-0.2, 0) is 4.79 Å². The van der Waals surface area contributed by atoms with Gasteiger partial charge in [0.2, 0.25) is 0 Å². The third-order valence-electron chi connectivity index (χ3n) is 7.51. The fraction of sp³-hybridized carbons (Fsp3) is 0.577. The van der Waals surface area contributed by atoms with E-state index in [-0.39, 0.29) is 5.78 Å². The Kier molecular flexibility index (Phi) is 5.75. The number of ketones is 1. The number of allylic oxidation sites excluding steroid dienone is 4. The lowest BCUT2D eigenvalue weighted by Gasteiger charge is -2.24. The van der Waals surface area contributed by atoms with Crippen molar-refractivity contribution in [2.75, 3.05) is 0 Å². The Hall–Kier alpha value is -1.83. The first-order valence-corrected chi connectivity index (χ1v) is 11.3. The summed E-state index contributed by atoms with van der Waals surface area (Å²) in [5.74, 6) is 2.75. The third kappa shape index (κ3) is 3.83. The lowest BCUT2D eigenvalue weighted by atomic mass is 9.81. The molecule has 3 saturated carbocycles. The van der Waals surface area contributed by atoms with Crippen LogP contribution < -0.4 is 0 Å². The van der Waals surface area contributed by atoms with Gasteiger partial charge >= 0.3 is 0 Å². The van der Waals surface area contributed by atoms with Gasteiger partial charge in [0.1, 0.15) is 11.5 Å². The lowest BCUT2D eigenvalue weighted by Crippen LogP contribution is -2.10. The van der Waals surface area contributed by atoms with E-state index in [0.717, 1.165) is 11.8 Å². The van der Waals surface area contributed by atoms with E-state index >= 15 is 0 Å². The number of Topliss-reactive ketones (excluding diaryl/α,β-unsaturated/α-hetero) is 1. The summed E-state index contributed by atoms with van der Waals surface area (Å²) in [6, 6.07) is 7.77. The Morgan fingerprint density at radius 3 is 2.36 bits per heavy atom. The smallest absolute Gasteiger partial charge is 0.133 e. The third-order valence-corrected chi connectivity index (χ3v) is 7.51. The van der Waals surface area contributed by atoms with Crippen LogP contribution in [-0.4, -0.2) is 10.9 Å². The Balaban J connectivity index is 1.86. The molecule has 0 aromatic heterocycles. The summed E-state index contributed by atoms with van der Waals surface area (Å²) in [6.45, 7) is 4.01. The highest BCUT2D eigenvalue weighted by molar-refractivity contribution is 5.85. The first-order valence-electron chi connectivity index (χ1n) is 11.3. The molecule has 1 aromatic carbocycles. The quantitative estimate of drug-likeness (QED) is 0.609. The maximum absolute atomic E-state index is 12.1. The number of hydrogen-bond donors (Lipinski definition) is 1. The Bertz CT molecular complexity index is 790. The minimum Gasteiger partial charge on any atom is -0.508 e. The molecule has 2 atom stereocenters. The van der Waals surface area contributed by atoms with Gasteiger partial charge in [-0.05, 0) is 99.0 Å². The van der Waals surface area contributed by atoms with Gasteiger partial charge in [0.25, 0.3) is 0 Å². The van der Waals surface area contributed by atoms with E-state index in [2.05, 4.69) is 19.1 Å². The highest BCUT2D eigenvalue weighted by Crippen LogP contribution is 2.51. The van der Waals surface area contributed by atoms with Crippen LogP contribution in [0.3, 0.4) is 0 Å². The summed E-state index contributed by atoms with van der Waals surface area (Å²) in [7, 11) is 0. The molecule has 1 N–H and O–H groups in total. The van der Waals surface area contributed by atoms with Crippen molar-refractivity contribution in [1.82, 2.24) is 0 Å². The van der Waals surface area contributed by atoms with E-state index in [0.29, 0.717) is 18.1 Å². The zero-order chi connectivity index (χ0) is 19.7. The first-order chi connectivity index (χ1) is 13.5. The highest BCUT2D eigenvalue weighted by atomic mass is 16.3. The van der Waals surface area contributed by atoms with Gasteiger partial charge in [-0.25, -0.2) is 0 Å². The van der Waals surface area contributed by atoms with Gasteiger partial charge in [0.05, 0.1) is 0 Å². The molecule has 0 amide bonds. The van der Waals surface area contributed by atoms with Crippen LogP contribution in [0.15, 0.2) is 41.0 Å². The molecule has 0 bridgehead atoms. The van der Waals surface area contributed by atoms with Crippen LogP contribution in [0.2, 0.25) is 0 Å². The van der Waals surface area contributed by atoms with Gasteiger partial charge in [-0.1, -0.05) is 42.5 Å². The Morgan fingerprint density at radius 1 is 0.964 bits per heavy atom. The number of fused-ring (bicyclic) bond motifs is 1. The zero-order valence-corrected chi connectivity index (χ0v) is 17.5. The normalized spacial score (nSPS) is 27.6. The van der Waals surface area contributed by atoms with Crippen molar-refractivity contribution in [2.24, 2.45) is 17.8 Å². The van der Waals surface area contributed by atoms with Crippen LogP contribution in [0.5, 0.6) is 5.75 Å². The molecule has 2 nitrogen and oxygen atoms in total. The van der Waals surface area contributed by atoms with Crippen LogP contribution in [0.4, 0.5) is 0 Å². The molecule has 3 fully saturated rings. The van der Waals surface area contributed by atoms with Gasteiger partial charge in [-0.15, -0.1) is 0 Å². The van der Waals surface area contributed by atoms with Crippen LogP contribution in [0.25, 0.3) is 5.57 Å². The van der Waals surface area contributed by atoms with E-state index in [1.807, 2.05) is 12.1 Å². The fourth-order valence-electron chi connectivity index (χ4n) is 6.23. The van der Waals surface area contributed by atoms with Crippen molar-refractivity contribution in [1.29, 1.82) is 0 Å². The van der Waals surface area contributed by atoms with Crippen LogP contribution in [0, 0.1) is 17.8 Å². The maximum Gasteiger partial charge on any atom is 0.133 e. The first kappa shape index (κ1) is 19.5. The van der Waals surface area contributed by atoms with Gasteiger partial charge in [0.15, 0.2) is 0 Å². The molecule has 0 aliphatic heterocycles. The second-order valence-corrected chi connectivity index (χ2v) is 9.29. The average molecular weight is 379 g/mol. The standard InChI is InChI=1S/C26H34O2/c1-17(27)16-25(19-6-3-4-7-19)18(2)26(21-10-13-22(28)14-11-21)24-15-12-20-8-5-9-23(20)24/h10-11,13-14,19-20,23,28H,3-9,12,15-16H2,1-2H3. The lowest BCUT2D eigenvalue weighted by molar-refractivity contribution is -0.116. The molecule has 1 aromatic rings. The van der Waals surface area contributed by atoms with Crippen LogP contribution in [0.1, 0.15) is 83.6 Å². The van der Waals surface area contributed by atoms with Gasteiger partial charge < -0.3 is 5.11 Å². The summed E-state index contributed by atoms with van der Waals surface area (Å²) in [6.07, 6.45) is 12.2. The number of carbonyl (C=O) groups is 1. The van der Waals surface area contributed by atoms with Crippen LogP contribution >= 0.6 is 0 Å². The predicted molar refractivity (Wildman–Crippen MR) is 115 cm³/mol. The number of hydrogen-bond acceptors (Lipinski definition) is 2. The van der Waals surface area contributed by atoms with Crippen molar-refractivity contribution in [3.8, 4) is 5.75 Å². The fourth-order valence-corrected chi connectivity index (χ4v) is 6.23. The van der Waals surface area contributed by atoms with Crippen molar-refractivity contribution in [2.45, 2.75) is 78.1 Å². The number of phenolic OH excluding ortho intramolecular Hbond substituents is 1. The summed E-state index contributed by atoms with van der Waals surface area (Å²) in [5, 5.41) is 9.82. The molecule has 0 radical (unpaired) electrons. The molecule has 150 valence electrons. The van der Waals surface area contributed by atoms with Crippen molar-refractivity contribution in [3.63, 3.8) is 0 Å². The minimum atomic E-state index is 0.279. The van der Waals surface area contributed by atoms with E-state index in [4.69, 9.17) is 0 Å². The van der Waals surface area contributed by atoms with Crippen molar-refractivity contribution in [3.05, 3.63) is 46.5 Å². The molecular weight excluding hydrogens is 344 g/mol. The predicted octanol–water partition coefficient (Wildman–Crippen LogP) is 6.84. The number of benzene rings is 1. The van der Waals surface area contributed by atoms with Gasteiger partial charge in [0, 0.05) is 6.42 Å².